The zero-order chi connectivity index (χ0) is 17.4. The Bertz CT molecular complexity index is 768. The van der Waals surface area contributed by atoms with Gasteiger partial charge in [0.15, 0.2) is 0 Å². The summed E-state index contributed by atoms with van der Waals surface area (Å²) in [7, 11) is 0. The molecule has 0 unspecified atom stereocenters. The van der Waals surface area contributed by atoms with Gasteiger partial charge >= 0.3 is 0 Å². The smallest absolute Gasteiger partial charge is 0.239 e. The van der Waals surface area contributed by atoms with Crippen molar-refractivity contribution in [1.29, 1.82) is 0 Å². The highest BCUT2D eigenvalue weighted by Crippen LogP contribution is 2.27. The molecule has 25 heavy (non-hydrogen) atoms. The number of aryl methyl sites for hydroxylation is 1. The van der Waals surface area contributed by atoms with Crippen LogP contribution in [0.25, 0.3) is 11.1 Å². The van der Waals surface area contributed by atoms with E-state index in [1.165, 1.54) is 22.3 Å². The van der Waals surface area contributed by atoms with E-state index in [4.69, 9.17) is 0 Å². The number of carbonyl (C=O) groups is 1. The van der Waals surface area contributed by atoms with E-state index in [9.17, 15) is 4.79 Å². The first-order valence-electron chi connectivity index (χ1n) is 9.32. The lowest BCUT2D eigenvalue weighted by Gasteiger charge is -2.41. The Kier molecular flexibility index (Phi) is 4.34. The second-order valence-electron chi connectivity index (χ2n) is 7.50. The highest BCUT2D eigenvalue weighted by Gasteiger charge is 2.39. The van der Waals surface area contributed by atoms with Crippen molar-refractivity contribution < 1.29 is 4.79 Å². The van der Waals surface area contributed by atoms with Crippen molar-refractivity contribution in [1.82, 2.24) is 9.80 Å². The maximum Gasteiger partial charge on any atom is 0.239 e. The molecule has 4 rings (SSSR count). The van der Waals surface area contributed by atoms with Gasteiger partial charge in [-0.15, -0.1) is 0 Å². The maximum atomic E-state index is 12.6. The van der Waals surface area contributed by atoms with Crippen LogP contribution in [0.3, 0.4) is 0 Å². The van der Waals surface area contributed by atoms with Crippen molar-refractivity contribution in [3.63, 3.8) is 0 Å². The van der Waals surface area contributed by atoms with Gasteiger partial charge in [-0.2, -0.15) is 0 Å². The molecule has 2 saturated heterocycles. The lowest BCUT2D eigenvalue weighted by molar-refractivity contribution is -0.143. The molecule has 2 aliphatic rings. The van der Waals surface area contributed by atoms with Crippen LogP contribution in [0, 0.1) is 6.92 Å². The van der Waals surface area contributed by atoms with Crippen LogP contribution in [0.15, 0.2) is 48.5 Å². The fraction of sp³-hybridized carbons (Fsp3) is 0.409. The molecule has 0 aliphatic carbocycles. The molecular weight excluding hydrogens is 308 g/mol. The van der Waals surface area contributed by atoms with Crippen LogP contribution in [0.5, 0.6) is 0 Å². The van der Waals surface area contributed by atoms with Crippen LogP contribution in [-0.2, 0) is 11.3 Å². The number of rotatable bonds is 3. The fourth-order valence-electron chi connectivity index (χ4n) is 4.20. The van der Waals surface area contributed by atoms with Crippen molar-refractivity contribution in [3.8, 4) is 11.1 Å². The number of hydrogen-bond acceptors (Lipinski definition) is 2. The first kappa shape index (κ1) is 16.3. The average Bonchev–Trinajstić information content (AvgIpc) is 3.09. The summed E-state index contributed by atoms with van der Waals surface area (Å²) < 4.78 is 0. The van der Waals surface area contributed by atoms with Gasteiger partial charge in [0.25, 0.3) is 0 Å². The monoisotopic (exact) mass is 334 g/mol. The van der Waals surface area contributed by atoms with Gasteiger partial charge in [-0.25, -0.2) is 0 Å². The zero-order valence-electron chi connectivity index (χ0n) is 15.1. The van der Waals surface area contributed by atoms with Crippen LogP contribution in [0.4, 0.5) is 0 Å². The molecule has 2 fully saturated rings. The standard InChI is InChI=1S/C22H26N2O/c1-16-5-3-6-20(13-16)19-10-8-18(9-11-19)14-23-15-21-7-4-12-24(21)22(25)17(23)2/h3,5-6,8-11,13,17,21H,4,7,12,14-15H2,1-2H3/t17-,21-/m0/s1. The van der Waals surface area contributed by atoms with Crippen LogP contribution < -0.4 is 0 Å². The van der Waals surface area contributed by atoms with E-state index < -0.39 is 0 Å². The van der Waals surface area contributed by atoms with Gasteiger partial charge in [0.1, 0.15) is 0 Å². The van der Waals surface area contributed by atoms with Gasteiger partial charge in [0.2, 0.25) is 5.91 Å². The third kappa shape index (κ3) is 3.21. The first-order chi connectivity index (χ1) is 12.1. The van der Waals surface area contributed by atoms with Crippen molar-refractivity contribution in [2.24, 2.45) is 0 Å². The van der Waals surface area contributed by atoms with Gasteiger partial charge in [-0.05, 0) is 43.4 Å². The largest absolute Gasteiger partial charge is 0.337 e. The summed E-state index contributed by atoms with van der Waals surface area (Å²) in [6.45, 7) is 6.99. The summed E-state index contributed by atoms with van der Waals surface area (Å²) in [5.74, 6) is 0.310. The van der Waals surface area contributed by atoms with Gasteiger partial charge in [0, 0.05) is 25.7 Å². The fourth-order valence-corrected chi connectivity index (χ4v) is 4.20. The Morgan fingerprint density at radius 2 is 1.88 bits per heavy atom. The van der Waals surface area contributed by atoms with Gasteiger partial charge in [-0.3, -0.25) is 9.69 Å². The van der Waals surface area contributed by atoms with E-state index in [-0.39, 0.29) is 6.04 Å². The second kappa shape index (κ2) is 6.64. The molecule has 2 aromatic rings. The Hall–Kier alpha value is -2.13. The molecule has 2 aromatic carbocycles. The van der Waals surface area contributed by atoms with Crippen LogP contribution in [0.1, 0.15) is 30.9 Å². The van der Waals surface area contributed by atoms with E-state index in [1.54, 1.807) is 0 Å². The Balaban J connectivity index is 1.48. The molecule has 3 nitrogen and oxygen atoms in total. The molecule has 0 radical (unpaired) electrons. The quantitative estimate of drug-likeness (QED) is 0.851. The summed E-state index contributed by atoms with van der Waals surface area (Å²) >= 11 is 0. The predicted molar refractivity (Wildman–Crippen MR) is 101 cm³/mol. The average molecular weight is 334 g/mol. The van der Waals surface area contributed by atoms with Crippen molar-refractivity contribution in [2.75, 3.05) is 13.1 Å². The summed E-state index contributed by atoms with van der Waals surface area (Å²) in [4.78, 5) is 17.0. The van der Waals surface area contributed by atoms with Gasteiger partial charge in [0.05, 0.1) is 6.04 Å². The molecule has 0 N–H and O–H groups in total. The molecule has 0 spiro atoms. The summed E-state index contributed by atoms with van der Waals surface area (Å²) in [5, 5.41) is 0. The number of nitrogens with zero attached hydrogens (tertiary/aromatic N) is 2. The first-order valence-corrected chi connectivity index (χ1v) is 9.32. The van der Waals surface area contributed by atoms with Gasteiger partial charge < -0.3 is 4.90 Å². The third-order valence-electron chi connectivity index (χ3n) is 5.70. The van der Waals surface area contributed by atoms with E-state index in [1.807, 2.05) is 0 Å². The summed E-state index contributed by atoms with van der Waals surface area (Å²) in [5.41, 5.74) is 5.07. The number of hydrogen-bond donors (Lipinski definition) is 0. The number of fused-ring (bicyclic) bond motifs is 1. The van der Waals surface area contributed by atoms with Crippen molar-refractivity contribution in [2.45, 2.75) is 45.3 Å². The summed E-state index contributed by atoms with van der Waals surface area (Å²) in [6.07, 6.45) is 2.31. The molecule has 1 amide bonds. The zero-order valence-corrected chi connectivity index (χ0v) is 15.1. The second-order valence-corrected chi connectivity index (χ2v) is 7.50. The van der Waals surface area contributed by atoms with E-state index in [0.29, 0.717) is 11.9 Å². The van der Waals surface area contributed by atoms with E-state index in [2.05, 4.69) is 72.2 Å². The topological polar surface area (TPSA) is 23.6 Å². The van der Waals surface area contributed by atoms with E-state index in [0.717, 1.165) is 32.5 Å². The summed E-state index contributed by atoms with van der Waals surface area (Å²) in [6, 6.07) is 17.8. The Labute approximate surface area is 150 Å². The van der Waals surface area contributed by atoms with Crippen LogP contribution in [-0.4, -0.2) is 40.9 Å². The normalized spacial score (nSPS) is 23.8. The lowest BCUT2D eigenvalue weighted by Crippen LogP contribution is -2.58. The minimum atomic E-state index is -0.00852. The molecule has 0 saturated carbocycles. The molecular formula is C22H26N2O. The minimum Gasteiger partial charge on any atom is -0.337 e. The Morgan fingerprint density at radius 3 is 2.64 bits per heavy atom. The van der Waals surface area contributed by atoms with Crippen molar-refractivity contribution >= 4 is 5.91 Å². The molecule has 130 valence electrons. The number of benzene rings is 2. The number of carbonyl (C=O) groups excluding carboxylic acids is 1. The highest BCUT2D eigenvalue weighted by atomic mass is 16.2. The molecule has 0 bridgehead atoms. The van der Waals surface area contributed by atoms with Crippen LogP contribution >= 0.6 is 0 Å². The maximum absolute atomic E-state index is 12.6. The molecule has 2 atom stereocenters. The number of amides is 1. The Morgan fingerprint density at radius 1 is 1.08 bits per heavy atom. The molecule has 0 aromatic heterocycles. The number of piperazine rings is 1. The van der Waals surface area contributed by atoms with E-state index >= 15 is 0 Å². The molecule has 3 heteroatoms. The molecule has 2 aliphatic heterocycles. The van der Waals surface area contributed by atoms with Crippen molar-refractivity contribution in [3.05, 3.63) is 59.7 Å². The van der Waals surface area contributed by atoms with Gasteiger partial charge in [-0.1, -0.05) is 54.1 Å². The van der Waals surface area contributed by atoms with Crippen LogP contribution in [0.2, 0.25) is 0 Å². The molecule has 2 heterocycles. The minimum absolute atomic E-state index is 0.00852. The highest BCUT2D eigenvalue weighted by molar-refractivity contribution is 5.83. The third-order valence-corrected chi connectivity index (χ3v) is 5.70. The lowest BCUT2D eigenvalue weighted by atomic mass is 10.0. The SMILES string of the molecule is Cc1cccc(-c2ccc(CN3C[C@@H]4CCCN4C(=O)[C@@H]3C)cc2)c1. The predicted octanol–water partition coefficient (Wildman–Crippen LogP) is 3.86.